The number of thioether (sulfide) groups is 1. The zero-order valence-corrected chi connectivity index (χ0v) is 17.8. The summed E-state index contributed by atoms with van der Waals surface area (Å²) in [6.07, 6.45) is 0.906. The smallest absolute Gasteiger partial charge is 0.123 e. The van der Waals surface area contributed by atoms with Crippen molar-refractivity contribution in [3.8, 4) is 0 Å². The Kier molecular flexibility index (Phi) is 4.24. The minimum absolute atomic E-state index is 0.127. The van der Waals surface area contributed by atoms with Crippen molar-refractivity contribution in [2.75, 3.05) is 12.3 Å². The van der Waals surface area contributed by atoms with Crippen LogP contribution in [0.3, 0.4) is 0 Å². The molecule has 0 saturated carbocycles. The first-order chi connectivity index (χ1) is 14.7. The van der Waals surface area contributed by atoms with E-state index in [4.69, 9.17) is 11.6 Å². The van der Waals surface area contributed by atoms with Crippen LogP contribution in [0.25, 0.3) is 10.9 Å². The molecule has 3 aromatic carbocycles. The molecular weight excluding hydrogens is 415 g/mol. The normalized spacial score (nSPS) is 22.8. The SMILES string of the molecule is Fc1ccc2c(c1)[C@]1(CCS2)NC[C@@H](c2ccccc2Cl)c2c1[nH]c1ccccc21. The molecule has 0 saturated heterocycles. The van der Waals surface area contributed by atoms with Crippen LogP contribution in [0.15, 0.2) is 71.6 Å². The van der Waals surface area contributed by atoms with Gasteiger partial charge in [-0.05, 0) is 53.4 Å². The molecule has 2 aliphatic heterocycles. The predicted octanol–water partition coefficient (Wildman–Crippen LogP) is 6.43. The molecule has 1 aromatic heterocycles. The van der Waals surface area contributed by atoms with Gasteiger partial charge >= 0.3 is 0 Å². The molecular formula is C25H20ClFN2S. The van der Waals surface area contributed by atoms with Crippen LogP contribution in [0.2, 0.25) is 5.02 Å². The van der Waals surface area contributed by atoms with Gasteiger partial charge in [0, 0.05) is 44.7 Å². The summed E-state index contributed by atoms with van der Waals surface area (Å²) < 4.78 is 14.3. The number of fused-ring (bicyclic) bond motifs is 6. The minimum Gasteiger partial charge on any atom is -0.356 e. The van der Waals surface area contributed by atoms with E-state index in [1.54, 1.807) is 23.9 Å². The summed E-state index contributed by atoms with van der Waals surface area (Å²) in [5.74, 6) is 0.919. The van der Waals surface area contributed by atoms with E-state index in [1.165, 1.54) is 10.9 Å². The van der Waals surface area contributed by atoms with Gasteiger partial charge in [-0.15, -0.1) is 11.8 Å². The summed E-state index contributed by atoms with van der Waals surface area (Å²) in [6.45, 7) is 0.749. The first kappa shape index (κ1) is 18.5. The lowest BCUT2D eigenvalue weighted by molar-refractivity contribution is 0.339. The van der Waals surface area contributed by atoms with Crippen molar-refractivity contribution >= 4 is 34.3 Å². The van der Waals surface area contributed by atoms with Crippen molar-refractivity contribution in [3.63, 3.8) is 0 Å². The maximum Gasteiger partial charge on any atom is 0.123 e. The highest BCUT2D eigenvalue weighted by Crippen LogP contribution is 2.51. The van der Waals surface area contributed by atoms with Gasteiger partial charge in [0.1, 0.15) is 5.82 Å². The average molecular weight is 435 g/mol. The summed E-state index contributed by atoms with van der Waals surface area (Å²) >= 11 is 8.44. The van der Waals surface area contributed by atoms with E-state index in [9.17, 15) is 4.39 Å². The number of aromatic amines is 1. The molecule has 0 unspecified atom stereocenters. The van der Waals surface area contributed by atoms with Crippen molar-refractivity contribution < 1.29 is 4.39 Å². The maximum atomic E-state index is 14.3. The largest absolute Gasteiger partial charge is 0.356 e. The fourth-order valence-corrected chi connectivity index (χ4v) is 6.65. The van der Waals surface area contributed by atoms with Gasteiger partial charge in [0.15, 0.2) is 0 Å². The third-order valence-corrected chi connectivity index (χ3v) is 7.97. The molecule has 2 nitrogen and oxygen atoms in total. The van der Waals surface area contributed by atoms with Gasteiger partial charge in [-0.2, -0.15) is 0 Å². The molecule has 30 heavy (non-hydrogen) atoms. The molecule has 0 bridgehead atoms. The van der Waals surface area contributed by atoms with Gasteiger partial charge in [0.25, 0.3) is 0 Å². The Labute approximate surface area is 183 Å². The second-order valence-corrected chi connectivity index (χ2v) is 9.60. The Morgan fingerprint density at radius 3 is 2.77 bits per heavy atom. The molecule has 0 radical (unpaired) electrons. The third kappa shape index (κ3) is 2.60. The monoisotopic (exact) mass is 434 g/mol. The number of halogens is 2. The molecule has 1 spiro atoms. The lowest BCUT2D eigenvalue weighted by Crippen LogP contribution is -2.51. The average Bonchev–Trinajstić information content (AvgIpc) is 3.16. The predicted molar refractivity (Wildman–Crippen MR) is 122 cm³/mol. The van der Waals surface area contributed by atoms with Crippen LogP contribution >= 0.6 is 23.4 Å². The van der Waals surface area contributed by atoms with Crippen LogP contribution in [0.1, 0.15) is 34.7 Å². The van der Waals surface area contributed by atoms with Crippen LogP contribution in [-0.2, 0) is 5.54 Å². The molecule has 2 N–H and O–H groups in total. The molecule has 2 aliphatic rings. The highest BCUT2D eigenvalue weighted by Gasteiger charge is 2.46. The lowest BCUT2D eigenvalue weighted by atomic mass is 9.74. The van der Waals surface area contributed by atoms with E-state index in [-0.39, 0.29) is 11.7 Å². The van der Waals surface area contributed by atoms with Crippen LogP contribution in [0.5, 0.6) is 0 Å². The van der Waals surface area contributed by atoms with E-state index >= 15 is 0 Å². The van der Waals surface area contributed by atoms with E-state index in [0.717, 1.165) is 51.0 Å². The summed E-state index contributed by atoms with van der Waals surface area (Å²) in [5.41, 5.74) is 5.26. The van der Waals surface area contributed by atoms with E-state index in [0.29, 0.717) is 0 Å². The zero-order valence-electron chi connectivity index (χ0n) is 16.2. The number of para-hydroxylation sites is 1. The standard InChI is InChI=1S/C25H20ClFN2S/c26-20-7-3-1-5-16(20)18-14-28-25(11-12-30-22-10-9-15(27)13-19(22)25)24-23(18)17-6-2-4-8-21(17)29-24/h1-10,13,18,28-29H,11-12,14H2/t18-,25-/m0/s1. The van der Waals surface area contributed by atoms with Crippen molar-refractivity contribution in [2.24, 2.45) is 0 Å². The van der Waals surface area contributed by atoms with E-state index in [2.05, 4.69) is 40.6 Å². The van der Waals surface area contributed by atoms with Gasteiger partial charge in [-0.25, -0.2) is 4.39 Å². The molecule has 0 amide bonds. The highest BCUT2D eigenvalue weighted by atomic mass is 35.5. The van der Waals surface area contributed by atoms with Crippen molar-refractivity contribution in [1.82, 2.24) is 10.3 Å². The molecule has 6 rings (SSSR count). The lowest BCUT2D eigenvalue weighted by Gasteiger charge is -2.45. The fraction of sp³-hybridized carbons (Fsp3) is 0.200. The van der Waals surface area contributed by atoms with Crippen molar-refractivity contribution in [2.45, 2.75) is 22.8 Å². The van der Waals surface area contributed by atoms with E-state index in [1.807, 2.05) is 24.3 Å². The quantitative estimate of drug-likeness (QED) is 0.361. The van der Waals surface area contributed by atoms with E-state index < -0.39 is 5.54 Å². The van der Waals surface area contributed by atoms with Crippen LogP contribution in [0.4, 0.5) is 4.39 Å². The Morgan fingerprint density at radius 2 is 1.87 bits per heavy atom. The summed E-state index contributed by atoms with van der Waals surface area (Å²) in [4.78, 5) is 4.87. The summed E-state index contributed by atoms with van der Waals surface area (Å²) in [6, 6.07) is 21.7. The number of aromatic nitrogens is 1. The van der Waals surface area contributed by atoms with Crippen molar-refractivity contribution in [3.05, 3.63) is 100.0 Å². The van der Waals surface area contributed by atoms with Crippen LogP contribution in [0, 0.1) is 5.82 Å². The Bertz CT molecular complexity index is 1280. The zero-order chi connectivity index (χ0) is 20.3. The van der Waals surface area contributed by atoms with Gasteiger partial charge in [-0.3, -0.25) is 0 Å². The Balaban J connectivity index is 1.65. The Morgan fingerprint density at radius 1 is 1.03 bits per heavy atom. The molecule has 5 heteroatoms. The number of hydrogen-bond donors (Lipinski definition) is 2. The summed E-state index contributed by atoms with van der Waals surface area (Å²) in [5, 5.41) is 5.84. The van der Waals surface area contributed by atoms with Crippen LogP contribution < -0.4 is 5.32 Å². The molecule has 150 valence electrons. The van der Waals surface area contributed by atoms with Gasteiger partial charge in [-0.1, -0.05) is 48.0 Å². The molecule has 4 aromatic rings. The number of rotatable bonds is 1. The topological polar surface area (TPSA) is 27.8 Å². The molecule has 0 aliphatic carbocycles. The number of benzene rings is 3. The molecule has 2 atom stereocenters. The second-order valence-electron chi connectivity index (χ2n) is 8.06. The summed E-state index contributed by atoms with van der Waals surface area (Å²) in [7, 11) is 0. The first-order valence-electron chi connectivity index (χ1n) is 10.2. The first-order valence-corrected chi connectivity index (χ1v) is 11.6. The van der Waals surface area contributed by atoms with Gasteiger partial charge in [0.05, 0.1) is 5.54 Å². The molecule has 3 heterocycles. The Hall–Kier alpha value is -2.27. The van der Waals surface area contributed by atoms with Gasteiger partial charge in [0.2, 0.25) is 0 Å². The van der Waals surface area contributed by atoms with Gasteiger partial charge < -0.3 is 10.3 Å². The van der Waals surface area contributed by atoms with Crippen molar-refractivity contribution in [1.29, 1.82) is 0 Å². The number of hydrogen-bond acceptors (Lipinski definition) is 2. The minimum atomic E-state index is -0.422. The fourth-order valence-electron chi connectivity index (χ4n) is 5.21. The second kappa shape index (κ2) is 6.88. The third-order valence-electron chi connectivity index (χ3n) is 6.55. The highest BCUT2D eigenvalue weighted by molar-refractivity contribution is 7.99. The maximum absolute atomic E-state index is 14.3. The number of nitrogens with one attached hydrogen (secondary N) is 2. The van der Waals surface area contributed by atoms with Crippen LogP contribution in [-0.4, -0.2) is 17.3 Å². The molecule has 0 fully saturated rings. The number of H-pyrrole nitrogens is 1.